The zero-order chi connectivity index (χ0) is 24.9. The van der Waals surface area contributed by atoms with Gasteiger partial charge in [-0.3, -0.25) is 19.5 Å². The molecule has 2 aromatic heterocycles. The third-order valence-corrected chi connectivity index (χ3v) is 6.47. The number of nitrogens with one attached hydrogen (secondary N) is 3. The van der Waals surface area contributed by atoms with Gasteiger partial charge < -0.3 is 15.2 Å². The van der Waals surface area contributed by atoms with Crippen LogP contribution in [0, 0.1) is 0 Å². The van der Waals surface area contributed by atoms with E-state index in [1.54, 1.807) is 12.1 Å². The molecule has 0 radical (unpaired) electrons. The number of aromatic amines is 2. The maximum atomic E-state index is 12.8. The van der Waals surface area contributed by atoms with E-state index < -0.39 is 0 Å². The lowest BCUT2D eigenvalue weighted by molar-refractivity contribution is -0.134. The molecular formula is C27H28N6O3. The minimum Gasteiger partial charge on any atom is -0.340 e. The van der Waals surface area contributed by atoms with Crippen LogP contribution in [-0.2, 0) is 9.59 Å². The van der Waals surface area contributed by atoms with Gasteiger partial charge in [-0.25, -0.2) is 9.78 Å². The molecule has 0 aliphatic carbocycles. The van der Waals surface area contributed by atoms with Gasteiger partial charge in [-0.15, -0.1) is 0 Å². The molecule has 9 heteroatoms. The topological polar surface area (TPSA) is 114 Å². The van der Waals surface area contributed by atoms with Gasteiger partial charge in [0.25, 0.3) is 0 Å². The number of fused-ring (bicyclic) bond motifs is 1. The van der Waals surface area contributed by atoms with Crippen LogP contribution >= 0.6 is 0 Å². The number of H-pyrrole nitrogens is 2. The third kappa shape index (κ3) is 5.36. The quantitative estimate of drug-likeness (QED) is 0.373. The van der Waals surface area contributed by atoms with Crippen LogP contribution in [0.15, 0.2) is 77.6 Å². The van der Waals surface area contributed by atoms with Crippen LogP contribution in [0.5, 0.6) is 0 Å². The summed E-state index contributed by atoms with van der Waals surface area (Å²) in [4.78, 5) is 50.2. The summed E-state index contributed by atoms with van der Waals surface area (Å²) in [5, 5.41) is 2.69. The number of amides is 2. The molecule has 1 aliphatic rings. The lowest BCUT2D eigenvalue weighted by Gasteiger charge is -2.39. The highest BCUT2D eigenvalue weighted by atomic mass is 16.2. The predicted molar refractivity (Wildman–Crippen MR) is 137 cm³/mol. The first kappa shape index (κ1) is 23.5. The molecule has 2 aromatic carbocycles. The van der Waals surface area contributed by atoms with Gasteiger partial charge in [0.2, 0.25) is 11.8 Å². The number of hydrogen-bond donors (Lipinski definition) is 3. The van der Waals surface area contributed by atoms with E-state index in [0.717, 1.165) is 13.1 Å². The van der Waals surface area contributed by atoms with E-state index in [9.17, 15) is 14.4 Å². The first-order valence-corrected chi connectivity index (χ1v) is 12.1. The maximum absolute atomic E-state index is 12.8. The number of nitrogens with zero attached hydrogens (tertiary/aromatic N) is 3. The Morgan fingerprint density at radius 1 is 0.833 bits per heavy atom. The second-order valence-corrected chi connectivity index (χ2v) is 8.86. The normalized spacial score (nSPS) is 14.3. The highest BCUT2D eigenvalue weighted by molar-refractivity contribution is 5.93. The standard InChI is InChI=1S/C27H28N6O3/c34-23(29-22-12-11-21-26(30-22)31-27(36)28-21)13-14-24(35)32-15-17-33(18-16-32)25(19-7-3-1-4-8-19)20-9-5-2-6-10-20/h1-12,25H,13-18H2,(H3,28,29,30,31,34,36). The number of carbonyl (C=O) groups excluding carboxylic acids is 2. The molecule has 1 saturated heterocycles. The van der Waals surface area contributed by atoms with E-state index in [-0.39, 0.29) is 36.4 Å². The number of anilines is 1. The van der Waals surface area contributed by atoms with Gasteiger partial charge in [-0.05, 0) is 23.3 Å². The third-order valence-electron chi connectivity index (χ3n) is 6.47. The Morgan fingerprint density at radius 3 is 2.11 bits per heavy atom. The van der Waals surface area contributed by atoms with Gasteiger partial charge in [0.15, 0.2) is 5.65 Å². The van der Waals surface area contributed by atoms with Crippen LogP contribution < -0.4 is 11.0 Å². The molecule has 36 heavy (non-hydrogen) atoms. The molecule has 4 aromatic rings. The summed E-state index contributed by atoms with van der Waals surface area (Å²) in [6.07, 6.45) is 0.203. The number of hydrogen-bond acceptors (Lipinski definition) is 5. The lowest BCUT2D eigenvalue weighted by Crippen LogP contribution is -2.50. The van der Waals surface area contributed by atoms with Crippen molar-refractivity contribution in [1.82, 2.24) is 24.8 Å². The van der Waals surface area contributed by atoms with Gasteiger partial charge >= 0.3 is 5.69 Å². The van der Waals surface area contributed by atoms with Gasteiger partial charge in [0, 0.05) is 39.0 Å². The summed E-state index contributed by atoms with van der Waals surface area (Å²) < 4.78 is 0. The van der Waals surface area contributed by atoms with Crippen molar-refractivity contribution < 1.29 is 9.59 Å². The molecule has 1 aliphatic heterocycles. The molecule has 1 fully saturated rings. The van der Waals surface area contributed by atoms with Crippen molar-refractivity contribution in [3.8, 4) is 0 Å². The molecule has 9 nitrogen and oxygen atoms in total. The monoisotopic (exact) mass is 484 g/mol. The van der Waals surface area contributed by atoms with Crippen molar-refractivity contribution >= 4 is 28.8 Å². The zero-order valence-electron chi connectivity index (χ0n) is 19.8. The van der Waals surface area contributed by atoms with Crippen LogP contribution in [0.2, 0.25) is 0 Å². The Morgan fingerprint density at radius 2 is 1.47 bits per heavy atom. The first-order valence-electron chi connectivity index (χ1n) is 12.1. The lowest BCUT2D eigenvalue weighted by atomic mass is 9.96. The van der Waals surface area contributed by atoms with E-state index >= 15 is 0 Å². The second-order valence-electron chi connectivity index (χ2n) is 8.86. The van der Waals surface area contributed by atoms with Gasteiger partial charge in [-0.2, -0.15) is 0 Å². The van der Waals surface area contributed by atoms with Gasteiger partial charge in [0.05, 0.1) is 11.6 Å². The Bertz CT molecular complexity index is 1350. The number of benzene rings is 2. The largest absolute Gasteiger partial charge is 0.340 e. The molecule has 0 spiro atoms. The summed E-state index contributed by atoms with van der Waals surface area (Å²) in [5.74, 6) is 0.00997. The van der Waals surface area contributed by atoms with Crippen LogP contribution in [0.3, 0.4) is 0 Å². The molecule has 3 heterocycles. The average Bonchev–Trinajstić information content (AvgIpc) is 3.28. The SMILES string of the molecule is O=C(CCC(=O)N1CCN(C(c2ccccc2)c2ccccc2)CC1)Nc1ccc2[nH]c(=O)[nH]c2n1. The summed E-state index contributed by atoms with van der Waals surface area (Å²) in [6, 6.07) is 24.3. The van der Waals surface area contributed by atoms with Crippen molar-refractivity contribution in [2.75, 3.05) is 31.5 Å². The maximum Gasteiger partial charge on any atom is 0.325 e. The van der Waals surface area contributed by atoms with Crippen molar-refractivity contribution in [1.29, 1.82) is 0 Å². The highest BCUT2D eigenvalue weighted by Gasteiger charge is 2.28. The summed E-state index contributed by atoms with van der Waals surface area (Å²) in [7, 11) is 0. The number of aromatic nitrogens is 3. The second kappa shape index (κ2) is 10.6. The summed E-state index contributed by atoms with van der Waals surface area (Å²) in [5.41, 5.74) is 3.04. The first-order chi connectivity index (χ1) is 17.6. The van der Waals surface area contributed by atoms with E-state index in [4.69, 9.17) is 0 Å². The molecule has 184 valence electrons. The summed E-state index contributed by atoms with van der Waals surface area (Å²) in [6.45, 7) is 2.75. The fraction of sp³-hybridized carbons (Fsp3) is 0.259. The molecule has 0 saturated carbocycles. The van der Waals surface area contributed by atoms with E-state index in [1.165, 1.54) is 11.1 Å². The number of rotatable bonds is 7. The zero-order valence-corrected chi connectivity index (χ0v) is 19.8. The van der Waals surface area contributed by atoms with E-state index in [2.05, 4.69) is 73.7 Å². The fourth-order valence-corrected chi connectivity index (χ4v) is 4.68. The van der Waals surface area contributed by atoms with E-state index in [0.29, 0.717) is 30.1 Å². The van der Waals surface area contributed by atoms with Crippen LogP contribution in [0.4, 0.5) is 5.82 Å². The summed E-state index contributed by atoms with van der Waals surface area (Å²) >= 11 is 0. The minimum absolute atomic E-state index is 0.0286. The average molecular weight is 485 g/mol. The van der Waals surface area contributed by atoms with Crippen molar-refractivity contribution in [3.63, 3.8) is 0 Å². The van der Waals surface area contributed by atoms with E-state index in [1.807, 2.05) is 17.0 Å². The van der Waals surface area contributed by atoms with Crippen LogP contribution in [0.25, 0.3) is 11.2 Å². The molecule has 0 bridgehead atoms. The molecule has 5 rings (SSSR count). The Balaban J connectivity index is 1.15. The minimum atomic E-state index is -0.356. The number of carbonyl (C=O) groups is 2. The predicted octanol–water partition coefficient (Wildman–Crippen LogP) is 2.90. The number of pyridine rings is 1. The number of piperazine rings is 1. The number of imidazole rings is 1. The smallest absolute Gasteiger partial charge is 0.325 e. The van der Waals surface area contributed by atoms with Gasteiger partial charge in [0.1, 0.15) is 5.82 Å². The molecule has 0 atom stereocenters. The van der Waals surface area contributed by atoms with Crippen molar-refractivity contribution in [3.05, 3.63) is 94.4 Å². The highest BCUT2D eigenvalue weighted by Crippen LogP contribution is 2.29. The molecule has 2 amide bonds. The molecular weight excluding hydrogens is 456 g/mol. The Labute approximate surface area is 208 Å². The Hall–Kier alpha value is -4.24. The van der Waals surface area contributed by atoms with Gasteiger partial charge in [-0.1, -0.05) is 60.7 Å². The van der Waals surface area contributed by atoms with Crippen LogP contribution in [-0.4, -0.2) is 62.7 Å². The van der Waals surface area contributed by atoms with Crippen molar-refractivity contribution in [2.24, 2.45) is 0 Å². The van der Waals surface area contributed by atoms with Crippen LogP contribution in [0.1, 0.15) is 30.0 Å². The Kier molecular flexibility index (Phi) is 6.90. The molecule has 0 unspecified atom stereocenters. The fourth-order valence-electron chi connectivity index (χ4n) is 4.68. The molecule has 3 N–H and O–H groups in total. The van der Waals surface area contributed by atoms with Crippen molar-refractivity contribution in [2.45, 2.75) is 18.9 Å².